The Bertz CT molecular complexity index is 873. The fourth-order valence-electron chi connectivity index (χ4n) is 2.85. The molecule has 1 aliphatic rings. The van der Waals surface area contributed by atoms with E-state index in [2.05, 4.69) is 10.2 Å². The lowest BCUT2D eigenvalue weighted by molar-refractivity contribution is -0.384. The number of nitro groups is 1. The van der Waals surface area contributed by atoms with Gasteiger partial charge in [0.2, 0.25) is 11.1 Å². The minimum Gasteiger partial charge on any atom is -0.336 e. The van der Waals surface area contributed by atoms with Crippen LogP contribution in [0.1, 0.15) is 32.2 Å². The first-order valence-electron chi connectivity index (χ1n) is 8.10. The number of thioether (sulfide) groups is 1. The number of carbonyl (C=O) groups excluding carboxylic acids is 1. The molecule has 3 rings (SSSR count). The molecule has 0 unspecified atom stereocenters. The maximum Gasteiger partial charge on any atom is 0.269 e. The summed E-state index contributed by atoms with van der Waals surface area (Å²) in [6, 6.07) is 4.58. The van der Waals surface area contributed by atoms with Crippen molar-refractivity contribution in [1.82, 2.24) is 14.9 Å². The van der Waals surface area contributed by atoms with Gasteiger partial charge in [0.05, 0.1) is 10.7 Å². The molecule has 1 aromatic carbocycles. The standard InChI is InChI=1S/C16H20N6O3S/c1-16(2,3)14-18-19-15(21(14)17)26-9-13(23)20-7-6-10-8-11(22(24)25)4-5-12(10)20/h4-5,8H,6-7,9,17H2,1-3H3. The van der Waals surface area contributed by atoms with Gasteiger partial charge in [-0.25, -0.2) is 4.68 Å². The monoisotopic (exact) mass is 376 g/mol. The van der Waals surface area contributed by atoms with Gasteiger partial charge in [0, 0.05) is 29.8 Å². The molecule has 0 saturated carbocycles. The van der Waals surface area contributed by atoms with E-state index < -0.39 is 4.92 Å². The van der Waals surface area contributed by atoms with Crippen molar-refractivity contribution in [3.8, 4) is 0 Å². The average Bonchev–Trinajstić information content (AvgIpc) is 3.15. The predicted molar refractivity (Wildman–Crippen MR) is 98.7 cm³/mol. The van der Waals surface area contributed by atoms with Crippen molar-refractivity contribution in [1.29, 1.82) is 0 Å². The molecule has 0 saturated heterocycles. The van der Waals surface area contributed by atoms with Gasteiger partial charge in [-0.1, -0.05) is 32.5 Å². The first kappa shape index (κ1) is 18.2. The molecule has 0 radical (unpaired) electrons. The Balaban J connectivity index is 1.70. The Labute approximate surface area is 154 Å². The predicted octanol–water partition coefficient (Wildman–Crippen LogP) is 1.88. The molecule has 10 heteroatoms. The lowest BCUT2D eigenvalue weighted by Gasteiger charge is -2.18. The lowest BCUT2D eigenvalue weighted by Crippen LogP contribution is -2.30. The van der Waals surface area contributed by atoms with Gasteiger partial charge in [-0.05, 0) is 18.1 Å². The zero-order valence-electron chi connectivity index (χ0n) is 14.8. The number of hydrogen-bond donors (Lipinski definition) is 1. The Morgan fingerprint density at radius 1 is 1.38 bits per heavy atom. The molecule has 9 nitrogen and oxygen atoms in total. The van der Waals surface area contributed by atoms with Gasteiger partial charge in [0.25, 0.3) is 5.69 Å². The van der Waals surface area contributed by atoms with Crippen LogP contribution < -0.4 is 10.7 Å². The molecule has 1 amide bonds. The number of hydrogen-bond acceptors (Lipinski definition) is 7. The molecule has 0 atom stereocenters. The summed E-state index contributed by atoms with van der Waals surface area (Å²) in [6.07, 6.45) is 0.606. The number of nitrogen functional groups attached to an aromatic ring is 1. The van der Waals surface area contributed by atoms with Crippen LogP contribution in [0.5, 0.6) is 0 Å². The highest BCUT2D eigenvalue weighted by Crippen LogP contribution is 2.32. The fraction of sp³-hybridized carbons (Fsp3) is 0.438. The molecule has 0 bridgehead atoms. The molecule has 138 valence electrons. The van der Waals surface area contributed by atoms with Crippen LogP contribution in [-0.2, 0) is 16.6 Å². The lowest BCUT2D eigenvalue weighted by atomic mass is 9.96. The third-order valence-electron chi connectivity index (χ3n) is 4.13. The summed E-state index contributed by atoms with van der Waals surface area (Å²) in [6.45, 7) is 6.47. The number of anilines is 1. The quantitative estimate of drug-likeness (QED) is 0.374. The second-order valence-electron chi connectivity index (χ2n) is 7.08. The third kappa shape index (κ3) is 3.36. The average molecular weight is 376 g/mol. The smallest absolute Gasteiger partial charge is 0.269 e. The van der Waals surface area contributed by atoms with Crippen LogP contribution in [-0.4, -0.2) is 38.0 Å². The summed E-state index contributed by atoms with van der Waals surface area (Å²) in [5.41, 5.74) is 1.34. The number of nitrogens with two attached hydrogens (primary N) is 1. The van der Waals surface area contributed by atoms with Crippen LogP contribution in [0.4, 0.5) is 11.4 Å². The number of nitro benzene ring substituents is 1. The number of nitrogens with zero attached hydrogens (tertiary/aromatic N) is 5. The second-order valence-corrected chi connectivity index (χ2v) is 8.02. The maximum absolute atomic E-state index is 12.6. The number of amides is 1. The Hall–Kier alpha value is -2.62. The van der Waals surface area contributed by atoms with E-state index in [0.29, 0.717) is 23.9 Å². The molecule has 2 N–H and O–H groups in total. The highest BCUT2D eigenvalue weighted by molar-refractivity contribution is 7.99. The van der Waals surface area contributed by atoms with Crippen molar-refractivity contribution >= 4 is 29.0 Å². The van der Waals surface area contributed by atoms with Crippen LogP contribution in [0.15, 0.2) is 23.4 Å². The molecule has 2 aromatic rings. The maximum atomic E-state index is 12.6. The van der Waals surface area contributed by atoms with Crippen LogP contribution in [0.3, 0.4) is 0 Å². The SMILES string of the molecule is CC(C)(C)c1nnc(SCC(=O)N2CCc3cc([N+](=O)[O-])ccc32)n1N. The largest absolute Gasteiger partial charge is 0.336 e. The molecular weight excluding hydrogens is 356 g/mol. The minimum atomic E-state index is -0.429. The van der Waals surface area contributed by atoms with Crippen LogP contribution in [0, 0.1) is 10.1 Å². The van der Waals surface area contributed by atoms with Gasteiger partial charge >= 0.3 is 0 Å². The van der Waals surface area contributed by atoms with Crippen LogP contribution in [0.25, 0.3) is 0 Å². The van der Waals surface area contributed by atoms with Crippen molar-refractivity contribution in [3.63, 3.8) is 0 Å². The van der Waals surface area contributed by atoms with E-state index in [1.54, 1.807) is 11.0 Å². The molecule has 0 fully saturated rings. The Morgan fingerprint density at radius 3 is 2.73 bits per heavy atom. The third-order valence-corrected chi connectivity index (χ3v) is 5.06. The number of non-ortho nitro benzene ring substituents is 1. The molecule has 0 aliphatic carbocycles. The molecular formula is C16H20N6O3S. The Morgan fingerprint density at radius 2 is 2.12 bits per heavy atom. The molecule has 1 aliphatic heterocycles. The van der Waals surface area contributed by atoms with Crippen LogP contribution in [0.2, 0.25) is 0 Å². The van der Waals surface area contributed by atoms with Crippen molar-refractivity contribution in [3.05, 3.63) is 39.7 Å². The summed E-state index contributed by atoms with van der Waals surface area (Å²) >= 11 is 1.23. The van der Waals surface area contributed by atoms with E-state index >= 15 is 0 Å². The van der Waals surface area contributed by atoms with E-state index in [1.165, 1.54) is 28.6 Å². The van der Waals surface area contributed by atoms with E-state index in [9.17, 15) is 14.9 Å². The first-order chi connectivity index (χ1) is 12.2. The number of rotatable bonds is 4. The Kier molecular flexibility index (Phi) is 4.61. The highest BCUT2D eigenvalue weighted by atomic mass is 32.2. The van der Waals surface area contributed by atoms with Gasteiger partial charge in [-0.3, -0.25) is 14.9 Å². The van der Waals surface area contributed by atoms with E-state index in [0.717, 1.165) is 11.3 Å². The highest BCUT2D eigenvalue weighted by Gasteiger charge is 2.28. The second kappa shape index (κ2) is 6.60. The summed E-state index contributed by atoms with van der Waals surface area (Å²) in [4.78, 5) is 24.7. The van der Waals surface area contributed by atoms with Gasteiger partial charge < -0.3 is 10.7 Å². The van der Waals surface area contributed by atoms with Gasteiger partial charge in [-0.2, -0.15) is 0 Å². The number of carbonyl (C=O) groups is 1. The van der Waals surface area contributed by atoms with Crippen molar-refractivity contribution in [2.45, 2.75) is 37.8 Å². The zero-order chi connectivity index (χ0) is 19.1. The van der Waals surface area contributed by atoms with Gasteiger partial charge in [-0.15, -0.1) is 10.2 Å². The zero-order valence-corrected chi connectivity index (χ0v) is 15.6. The first-order valence-corrected chi connectivity index (χ1v) is 9.08. The molecule has 26 heavy (non-hydrogen) atoms. The summed E-state index contributed by atoms with van der Waals surface area (Å²) in [7, 11) is 0. The number of aromatic nitrogens is 3. The topological polar surface area (TPSA) is 120 Å². The van der Waals surface area contributed by atoms with E-state index in [4.69, 9.17) is 5.84 Å². The van der Waals surface area contributed by atoms with Crippen LogP contribution >= 0.6 is 11.8 Å². The summed E-state index contributed by atoms with van der Waals surface area (Å²) in [5, 5.41) is 19.5. The molecule has 1 aromatic heterocycles. The summed E-state index contributed by atoms with van der Waals surface area (Å²) in [5.74, 6) is 6.75. The number of fused-ring (bicyclic) bond motifs is 1. The van der Waals surface area contributed by atoms with Crippen molar-refractivity contribution in [2.24, 2.45) is 0 Å². The molecule has 0 spiro atoms. The van der Waals surface area contributed by atoms with E-state index in [-0.39, 0.29) is 22.8 Å². The van der Waals surface area contributed by atoms with Gasteiger partial charge in [0.15, 0.2) is 5.82 Å². The van der Waals surface area contributed by atoms with Crippen molar-refractivity contribution < 1.29 is 9.72 Å². The van der Waals surface area contributed by atoms with Gasteiger partial charge in [0.1, 0.15) is 0 Å². The fourth-order valence-corrected chi connectivity index (χ4v) is 3.58. The summed E-state index contributed by atoms with van der Waals surface area (Å²) < 4.78 is 1.42. The minimum absolute atomic E-state index is 0.0402. The normalized spacial score (nSPS) is 13.7. The number of benzene rings is 1. The van der Waals surface area contributed by atoms with E-state index in [1.807, 2.05) is 20.8 Å². The molecule has 2 heterocycles. The van der Waals surface area contributed by atoms with Crippen molar-refractivity contribution in [2.75, 3.05) is 23.0 Å².